The molecule has 0 aliphatic carbocycles. The molecule has 138 valence electrons. The topological polar surface area (TPSA) is 55.9 Å². The minimum Gasteiger partial charge on any atom is -0.377 e. The Labute approximate surface area is 162 Å². The smallest absolute Gasteiger partial charge is 0.169 e. The summed E-state index contributed by atoms with van der Waals surface area (Å²) in [7, 11) is 1.93. The standard InChI is InChI=1S/C23H20N4O/c1-26-19-13-7-5-11-17(19)24-22(26)21(28)23-25-18-12-6-8-14-20(18)27(23)15-16-9-3-2-4-10-16/h2-14,21,28H,15H2,1H3. The summed E-state index contributed by atoms with van der Waals surface area (Å²) >= 11 is 0. The van der Waals surface area contributed by atoms with Crippen molar-refractivity contribution in [2.24, 2.45) is 7.05 Å². The van der Waals surface area contributed by atoms with Crippen molar-refractivity contribution in [1.82, 2.24) is 19.1 Å². The molecule has 5 nitrogen and oxygen atoms in total. The van der Waals surface area contributed by atoms with Gasteiger partial charge in [0.1, 0.15) is 11.6 Å². The largest absolute Gasteiger partial charge is 0.377 e. The van der Waals surface area contributed by atoms with Crippen LogP contribution in [-0.2, 0) is 13.6 Å². The zero-order chi connectivity index (χ0) is 19.1. The number of aliphatic hydroxyl groups excluding tert-OH is 1. The minimum absolute atomic E-state index is 0.589. The van der Waals surface area contributed by atoms with Crippen LogP contribution >= 0.6 is 0 Å². The third-order valence-corrected chi connectivity index (χ3v) is 5.18. The maximum Gasteiger partial charge on any atom is 0.169 e. The normalized spacial score (nSPS) is 12.6. The van der Waals surface area contributed by atoms with Crippen molar-refractivity contribution in [2.45, 2.75) is 12.6 Å². The molecule has 1 unspecified atom stereocenters. The fourth-order valence-electron chi connectivity index (χ4n) is 3.76. The molecule has 0 saturated carbocycles. The van der Waals surface area contributed by atoms with Crippen LogP contribution in [-0.4, -0.2) is 24.2 Å². The molecule has 0 fully saturated rings. The van der Waals surface area contributed by atoms with E-state index in [0.717, 1.165) is 27.6 Å². The minimum atomic E-state index is -0.923. The van der Waals surface area contributed by atoms with Gasteiger partial charge in [-0.05, 0) is 29.8 Å². The number of hydrogen-bond donors (Lipinski definition) is 1. The number of rotatable bonds is 4. The summed E-state index contributed by atoms with van der Waals surface area (Å²) in [5.74, 6) is 1.19. The first-order valence-electron chi connectivity index (χ1n) is 9.31. The lowest BCUT2D eigenvalue weighted by Crippen LogP contribution is -2.14. The SMILES string of the molecule is Cn1c(C(O)c2nc3ccccc3n2Cc2ccccc2)nc2ccccc21. The van der Waals surface area contributed by atoms with E-state index < -0.39 is 6.10 Å². The Bertz CT molecular complexity index is 1270. The lowest BCUT2D eigenvalue weighted by Gasteiger charge is -2.14. The lowest BCUT2D eigenvalue weighted by molar-refractivity contribution is 0.193. The van der Waals surface area contributed by atoms with Gasteiger partial charge in [-0.25, -0.2) is 9.97 Å². The second kappa shape index (κ2) is 6.62. The Hall–Kier alpha value is -3.44. The van der Waals surface area contributed by atoms with Gasteiger partial charge in [-0.15, -0.1) is 0 Å². The molecule has 0 amide bonds. The van der Waals surface area contributed by atoms with Crippen LogP contribution < -0.4 is 0 Å². The molecule has 2 aromatic heterocycles. The molecule has 5 rings (SSSR count). The zero-order valence-corrected chi connectivity index (χ0v) is 15.5. The van der Waals surface area contributed by atoms with Crippen LogP contribution in [0, 0.1) is 0 Å². The highest BCUT2D eigenvalue weighted by molar-refractivity contribution is 5.77. The maximum absolute atomic E-state index is 11.3. The van der Waals surface area contributed by atoms with Gasteiger partial charge in [-0.1, -0.05) is 54.6 Å². The molecule has 0 bridgehead atoms. The molecule has 5 heteroatoms. The third kappa shape index (κ3) is 2.68. The van der Waals surface area contributed by atoms with Crippen LogP contribution in [0.15, 0.2) is 78.9 Å². The first kappa shape index (κ1) is 16.7. The van der Waals surface area contributed by atoms with Crippen molar-refractivity contribution in [1.29, 1.82) is 0 Å². The summed E-state index contributed by atoms with van der Waals surface area (Å²) in [6, 6.07) is 26.1. The van der Waals surface area contributed by atoms with Crippen LogP contribution in [0.5, 0.6) is 0 Å². The second-order valence-corrected chi connectivity index (χ2v) is 6.95. The first-order valence-corrected chi connectivity index (χ1v) is 9.31. The Morgan fingerprint density at radius 3 is 2.04 bits per heavy atom. The van der Waals surface area contributed by atoms with Gasteiger partial charge in [0.05, 0.1) is 22.1 Å². The molecule has 0 spiro atoms. The van der Waals surface area contributed by atoms with E-state index in [2.05, 4.69) is 21.7 Å². The zero-order valence-electron chi connectivity index (χ0n) is 15.5. The number of aliphatic hydroxyl groups is 1. The van der Waals surface area contributed by atoms with E-state index in [9.17, 15) is 5.11 Å². The molecule has 1 N–H and O–H groups in total. The van der Waals surface area contributed by atoms with Crippen molar-refractivity contribution >= 4 is 22.1 Å². The fraction of sp³-hybridized carbons (Fsp3) is 0.130. The van der Waals surface area contributed by atoms with Crippen LogP contribution in [0.2, 0.25) is 0 Å². The van der Waals surface area contributed by atoms with E-state index in [0.29, 0.717) is 18.2 Å². The number of hydrogen-bond acceptors (Lipinski definition) is 3. The average Bonchev–Trinajstić information content (AvgIpc) is 3.27. The van der Waals surface area contributed by atoms with E-state index in [1.54, 1.807) is 0 Å². The molecule has 2 heterocycles. The van der Waals surface area contributed by atoms with Crippen molar-refractivity contribution in [3.8, 4) is 0 Å². The Kier molecular flexibility index (Phi) is 3.95. The molecule has 0 aliphatic heterocycles. The molecule has 0 saturated heterocycles. The number of nitrogens with zero attached hydrogens (tertiary/aromatic N) is 4. The summed E-state index contributed by atoms with van der Waals surface area (Å²) < 4.78 is 4.01. The molecule has 5 aromatic rings. The molecule has 28 heavy (non-hydrogen) atoms. The van der Waals surface area contributed by atoms with Gasteiger partial charge in [-0.3, -0.25) is 0 Å². The molecule has 3 aromatic carbocycles. The quantitative estimate of drug-likeness (QED) is 0.521. The summed E-state index contributed by atoms with van der Waals surface area (Å²) in [6.45, 7) is 0.637. The number of imidazole rings is 2. The number of benzene rings is 3. The van der Waals surface area contributed by atoms with Crippen molar-refractivity contribution in [3.05, 3.63) is 96.1 Å². The van der Waals surface area contributed by atoms with E-state index >= 15 is 0 Å². The van der Waals surface area contributed by atoms with E-state index in [1.165, 1.54) is 0 Å². The van der Waals surface area contributed by atoms with Gasteiger partial charge < -0.3 is 14.2 Å². The Morgan fingerprint density at radius 1 is 0.750 bits per heavy atom. The molecule has 0 radical (unpaired) electrons. The van der Waals surface area contributed by atoms with Gasteiger partial charge in [0.2, 0.25) is 0 Å². The highest BCUT2D eigenvalue weighted by Crippen LogP contribution is 2.28. The van der Waals surface area contributed by atoms with Crippen molar-refractivity contribution < 1.29 is 5.11 Å². The van der Waals surface area contributed by atoms with Gasteiger partial charge in [-0.2, -0.15) is 0 Å². The van der Waals surface area contributed by atoms with Gasteiger partial charge in [0.15, 0.2) is 6.10 Å². The van der Waals surface area contributed by atoms with Crippen molar-refractivity contribution in [2.75, 3.05) is 0 Å². The second-order valence-electron chi connectivity index (χ2n) is 6.95. The lowest BCUT2D eigenvalue weighted by atomic mass is 10.2. The number of para-hydroxylation sites is 4. The van der Waals surface area contributed by atoms with Gasteiger partial charge in [0, 0.05) is 13.6 Å². The molecular formula is C23H20N4O. The predicted octanol–water partition coefficient (Wildman–Crippen LogP) is 4.05. The molecular weight excluding hydrogens is 348 g/mol. The maximum atomic E-state index is 11.3. The fourth-order valence-corrected chi connectivity index (χ4v) is 3.76. The highest BCUT2D eigenvalue weighted by Gasteiger charge is 2.24. The van der Waals surface area contributed by atoms with Crippen LogP contribution in [0.4, 0.5) is 0 Å². The first-order chi connectivity index (χ1) is 13.7. The Morgan fingerprint density at radius 2 is 1.32 bits per heavy atom. The number of fused-ring (bicyclic) bond motifs is 2. The highest BCUT2D eigenvalue weighted by atomic mass is 16.3. The monoisotopic (exact) mass is 368 g/mol. The summed E-state index contributed by atoms with van der Waals surface area (Å²) in [6.07, 6.45) is -0.923. The average molecular weight is 368 g/mol. The summed E-state index contributed by atoms with van der Waals surface area (Å²) in [4.78, 5) is 9.42. The van der Waals surface area contributed by atoms with Crippen LogP contribution in [0.3, 0.4) is 0 Å². The number of aryl methyl sites for hydroxylation is 1. The van der Waals surface area contributed by atoms with E-state index in [4.69, 9.17) is 4.98 Å². The summed E-state index contributed by atoms with van der Waals surface area (Å²) in [5, 5.41) is 11.3. The molecule has 1 atom stereocenters. The van der Waals surface area contributed by atoms with Crippen LogP contribution in [0.25, 0.3) is 22.1 Å². The molecule has 0 aliphatic rings. The third-order valence-electron chi connectivity index (χ3n) is 5.18. The van der Waals surface area contributed by atoms with Crippen molar-refractivity contribution in [3.63, 3.8) is 0 Å². The number of aromatic nitrogens is 4. The Balaban J connectivity index is 1.67. The predicted molar refractivity (Wildman–Crippen MR) is 110 cm³/mol. The van der Waals surface area contributed by atoms with Gasteiger partial charge >= 0.3 is 0 Å². The van der Waals surface area contributed by atoms with Gasteiger partial charge in [0.25, 0.3) is 0 Å². The summed E-state index contributed by atoms with van der Waals surface area (Å²) in [5.41, 5.74) is 4.88. The van der Waals surface area contributed by atoms with E-state index in [-0.39, 0.29) is 0 Å². The van der Waals surface area contributed by atoms with E-state index in [1.807, 2.05) is 78.3 Å². The van der Waals surface area contributed by atoms with Crippen LogP contribution in [0.1, 0.15) is 23.3 Å².